The zero-order chi connectivity index (χ0) is 15.4. The van der Waals surface area contributed by atoms with E-state index in [4.69, 9.17) is 0 Å². The number of nitrogens with one attached hydrogen (secondary N) is 1. The van der Waals surface area contributed by atoms with E-state index in [9.17, 15) is 8.78 Å². The van der Waals surface area contributed by atoms with Crippen molar-refractivity contribution in [3.8, 4) is 0 Å². The molecule has 0 amide bonds. The molecule has 0 bridgehead atoms. The Labute approximate surface area is 126 Å². The van der Waals surface area contributed by atoms with Crippen molar-refractivity contribution in [2.75, 3.05) is 26.2 Å². The van der Waals surface area contributed by atoms with Gasteiger partial charge in [0, 0.05) is 18.2 Å². The van der Waals surface area contributed by atoms with Gasteiger partial charge in [0.2, 0.25) is 0 Å². The van der Waals surface area contributed by atoms with Crippen molar-refractivity contribution in [2.45, 2.75) is 39.7 Å². The van der Waals surface area contributed by atoms with Gasteiger partial charge in [0.1, 0.15) is 11.6 Å². The van der Waals surface area contributed by atoms with Crippen LogP contribution in [0.3, 0.4) is 0 Å². The summed E-state index contributed by atoms with van der Waals surface area (Å²) < 4.78 is 27.5. The average Bonchev–Trinajstić information content (AvgIpc) is 2.93. The van der Waals surface area contributed by atoms with E-state index in [0.29, 0.717) is 17.0 Å². The first-order chi connectivity index (χ1) is 9.97. The minimum Gasteiger partial charge on any atom is -0.310 e. The highest BCUT2D eigenvalue weighted by Gasteiger charge is 2.17. The van der Waals surface area contributed by atoms with Crippen molar-refractivity contribution in [3.63, 3.8) is 0 Å². The molecular weight excluding hydrogens is 270 g/mol. The molecule has 1 aliphatic rings. The molecule has 0 aromatic heterocycles. The fourth-order valence-corrected chi connectivity index (χ4v) is 2.95. The van der Waals surface area contributed by atoms with Crippen LogP contribution in [0.15, 0.2) is 12.1 Å². The second-order valence-electron chi connectivity index (χ2n) is 6.37. The largest absolute Gasteiger partial charge is 0.310 e. The maximum absolute atomic E-state index is 13.9. The van der Waals surface area contributed by atoms with Crippen molar-refractivity contribution < 1.29 is 8.78 Å². The number of nitrogens with zero attached hydrogens (tertiary/aromatic N) is 1. The van der Waals surface area contributed by atoms with Crippen molar-refractivity contribution >= 4 is 0 Å². The molecular formula is C17H26F2N2. The summed E-state index contributed by atoms with van der Waals surface area (Å²) in [7, 11) is 0. The van der Waals surface area contributed by atoms with Gasteiger partial charge in [0.05, 0.1) is 0 Å². The third-order valence-corrected chi connectivity index (χ3v) is 4.29. The molecule has 0 aliphatic carbocycles. The molecule has 1 aromatic carbocycles. The van der Waals surface area contributed by atoms with Crippen LogP contribution in [-0.4, -0.2) is 31.1 Å². The standard InChI is InChI=1S/C17H26F2N2/c1-12(11-21-6-4-5-7-21)10-20-14(3)15-9-16(18)13(2)8-17(15)19/h8-9,12,14,20H,4-7,10-11H2,1-3H3. The maximum Gasteiger partial charge on any atom is 0.128 e. The molecule has 1 saturated heterocycles. The number of aryl methyl sites for hydroxylation is 1. The van der Waals surface area contributed by atoms with Crippen molar-refractivity contribution in [2.24, 2.45) is 5.92 Å². The van der Waals surface area contributed by atoms with Crippen LogP contribution in [0.25, 0.3) is 0 Å². The Kier molecular flexibility index (Phi) is 5.71. The first-order valence-electron chi connectivity index (χ1n) is 7.88. The molecule has 118 valence electrons. The third kappa shape index (κ3) is 4.48. The lowest BCUT2D eigenvalue weighted by molar-refractivity contribution is 0.278. The highest BCUT2D eigenvalue weighted by atomic mass is 19.1. The lowest BCUT2D eigenvalue weighted by Gasteiger charge is -2.23. The van der Waals surface area contributed by atoms with Crippen LogP contribution < -0.4 is 5.32 Å². The smallest absolute Gasteiger partial charge is 0.128 e. The number of benzene rings is 1. The highest BCUT2D eigenvalue weighted by Crippen LogP contribution is 2.21. The molecule has 1 aliphatic heterocycles. The molecule has 2 atom stereocenters. The summed E-state index contributed by atoms with van der Waals surface area (Å²) in [6.45, 7) is 9.94. The fraction of sp³-hybridized carbons (Fsp3) is 0.647. The van der Waals surface area contributed by atoms with Crippen LogP contribution >= 0.6 is 0 Å². The van der Waals surface area contributed by atoms with Crippen molar-refractivity contribution in [3.05, 3.63) is 34.9 Å². The van der Waals surface area contributed by atoms with E-state index in [-0.39, 0.29) is 17.7 Å². The van der Waals surface area contributed by atoms with Gasteiger partial charge in [-0.25, -0.2) is 8.78 Å². The summed E-state index contributed by atoms with van der Waals surface area (Å²) in [6, 6.07) is 2.41. The van der Waals surface area contributed by atoms with E-state index in [1.165, 1.54) is 38.1 Å². The predicted octanol–water partition coefficient (Wildman–Crippen LogP) is 3.66. The lowest BCUT2D eigenvalue weighted by atomic mass is 10.0. The van der Waals surface area contributed by atoms with Crippen molar-refractivity contribution in [1.82, 2.24) is 10.2 Å². The molecule has 4 heteroatoms. The second kappa shape index (κ2) is 7.32. The Balaban J connectivity index is 1.86. The first kappa shape index (κ1) is 16.4. The van der Waals surface area contributed by atoms with Gasteiger partial charge in [0.15, 0.2) is 0 Å². The van der Waals surface area contributed by atoms with Crippen LogP contribution in [0.4, 0.5) is 8.78 Å². The number of rotatable bonds is 6. The monoisotopic (exact) mass is 296 g/mol. The van der Waals surface area contributed by atoms with E-state index in [1.807, 2.05) is 6.92 Å². The summed E-state index contributed by atoms with van der Waals surface area (Å²) in [5, 5.41) is 3.33. The van der Waals surface area contributed by atoms with E-state index in [0.717, 1.165) is 13.1 Å². The van der Waals surface area contributed by atoms with Gasteiger partial charge in [0.25, 0.3) is 0 Å². The lowest BCUT2D eigenvalue weighted by Crippen LogP contribution is -2.33. The van der Waals surface area contributed by atoms with Gasteiger partial charge in [-0.2, -0.15) is 0 Å². The van der Waals surface area contributed by atoms with E-state index >= 15 is 0 Å². The van der Waals surface area contributed by atoms with Crippen LogP contribution in [0.1, 0.15) is 43.9 Å². The normalized spacial score (nSPS) is 18.9. The number of halogens is 2. The topological polar surface area (TPSA) is 15.3 Å². The zero-order valence-corrected chi connectivity index (χ0v) is 13.3. The van der Waals surface area contributed by atoms with E-state index in [1.54, 1.807) is 6.92 Å². The van der Waals surface area contributed by atoms with Gasteiger partial charge < -0.3 is 10.2 Å². The third-order valence-electron chi connectivity index (χ3n) is 4.29. The Hall–Kier alpha value is -1.00. The second-order valence-corrected chi connectivity index (χ2v) is 6.37. The van der Waals surface area contributed by atoms with Crippen LogP contribution in [0.5, 0.6) is 0 Å². The summed E-state index contributed by atoms with van der Waals surface area (Å²) in [5.41, 5.74) is 0.761. The molecule has 2 unspecified atom stereocenters. The Morgan fingerprint density at radius 3 is 2.48 bits per heavy atom. The molecule has 1 N–H and O–H groups in total. The minimum atomic E-state index is -0.342. The Morgan fingerprint density at radius 1 is 1.14 bits per heavy atom. The zero-order valence-electron chi connectivity index (χ0n) is 13.3. The highest BCUT2D eigenvalue weighted by molar-refractivity contribution is 5.27. The molecule has 1 aromatic rings. The Bertz CT molecular complexity index is 470. The molecule has 2 nitrogen and oxygen atoms in total. The number of hydrogen-bond donors (Lipinski definition) is 1. The van der Waals surface area contributed by atoms with Crippen molar-refractivity contribution in [1.29, 1.82) is 0 Å². The SMILES string of the molecule is Cc1cc(F)c(C(C)NCC(C)CN2CCCC2)cc1F. The minimum absolute atomic E-state index is 0.180. The summed E-state index contributed by atoms with van der Waals surface area (Å²) in [5.74, 6) is -0.171. The molecule has 1 fully saturated rings. The van der Waals surface area contributed by atoms with Gasteiger partial charge in [-0.15, -0.1) is 0 Å². The number of hydrogen-bond acceptors (Lipinski definition) is 2. The quantitative estimate of drug-likeness (QED) is 0.862. The molecule has 0 radical (unpaired) electrons. The molecule has 1 heterocycles. The first-order valence-corrected chi connectivity index (χ1v) is 7.88. The van der Waals surface area contributed by atoms with Gasteiger partial charge in [-0.05, 0) is 69.9 Å². The predicted molar refractivity (Wildman–Crippen MR) is 82.4 cm³/mol. The summed E-state index contributed by atoms with van der Waals surface area (Å²) >= 11 is 0. The summed E-state index contributed by atoms with van der Waals surface area (Å²) in [4.78, 5) is 2.48. The molecule has 0 saturated carbocycles. The molecule has 21 heavy (non-hydrogen) atoms. The molecule has 0 spiro atoms. The maximum atomic E-state index is 13.9. The molecule has 2 rings (SSSR count). The fourth-order valence-electron chi connectivity index (χ4n) is 2.95. The average molecular weight is 296 g/mol. The summed E-state index contributed by atoms with van der Waals surface area (Å²) in [6.07, 6.45) is 2.59. The van der Waals surface area contributed by atoms with E-state index in [2.05, 4.69) is 17.1 Å². The van der Waals surface area contributed by atoms with Gasteiger partial charge in [-0.3, -0.25) is 0 Å². The van der Waals surface area contributed by atoms with Gasteiger partial charge >= 0.3 is 0 Å². The van der Waals surface area contributed by atoms with Gasteiger partial charge in [-0.1, -0.05) is 6.92 Å². The van der Waals surface area contributed by atoms with Crippen LogP contribution in [-0.2, 0) is 0 Å². The van der Waals surface area contributed by atoms with Crippen LogP contribution in [0.2, 0.25) is 0 Å². The van der Waals surface area contributed by atoms with Crippen LogP contribution in [0, 0.1) is 24.5 Å². The van der Waals surface area contributed by atoms with E-state index < -0.39 is 0 Å². The number of likely N-dealkylation sites (tertiary alicyclic amines) is 1. The Morgan fingerprint density at radius 2 is 1.81 bits per heavy atom.